The molecule has 0 saturated carbocycles. The maximum Gasteiger partial charge on any atom is 0.264 e. The monoisotopic (exact) mass is 322 g/mol. The number of pyridine rings is 1. The van der Waals surface area contributed by atoms with E-state index in [1.807, 2.05) is 6.92 Å². The number of halogens is 2. The number of rotatable bonds is 4. The van der Waals surface area contributed by atoms with E-state index in [0.29, 0.717) is 11.0 Å². The van der Waals surface area contributed by atoms with Gasteiger partial charge in [0.25, 0.3) is 5.56 Å². The van der Waals surface area contributed by atoms with Gasteiger partial charge in [0.2, 0.25) is 0 Å². The molecule has 0 radical (unpaired) electrons. The number of nitrogens with zero attached hydrogens (tertiary/aromatic N) is 1. The zero-order valence-corrected chi connectivity index (χ0v) is 11.1. The third kappa shape index (κ3) is 3.22. The van der Waals surface area contributed by atoms with Crippen LogP contribution < -0.4 is 10.9 Å². The highest BCUT2D eigenvalue weighted by Crippen LogP contribution is 2.12. The van der Waals surface area contributed by atoms with E-state index in [4.69, 9.17) is 0 Å². The molecule has 0 amide bonds. The van der Waals surface area contributed by atoms with Crippen molar-refractivity contribution in [3.05, 3.63) is 31.6 Å². The minimum Gasteiger partial charge on any atom is -0.315 e. The van der Waals surface area contributed by atoms with Crippen LogP contribution in [0.4, 0.5) is 0 Å². The average molecular weight is 324 g/mol. The summed E-state index contributed by atoms with van der Waals surface area (Å²) in [5, 5.41) is 3.17. The standard InChI is InChI=1S/C9H12Br2N2O/c1-2-12-3-4-13-6-7(10)5-8(11)9(13)14/h5-6,12H,2-4H2,1H3. The number of likely N-dealkylation sites (N-methyl/N-ethyl adjacent to an activating group) is 1. The molecule has 1 rings (SSSR count). The molecule has 0 fully saturated rings. The molecular formula is C9H12Br2N2O. The van der Waals surface area contributed by atoms with Gasteiger partial charge in [-0.05, 0) is 44.5 Å². The van der Waals surface area contributed by atoms with Gasteiger partial charge in [0, 0.05) is 23.8 Å². The molecule has 0 unspecified atom stereocenters. The maximum absolute atomic E-state index is 11.6. The molecule has 0 saturated heterocycles. The van der Waals surface area contributed by atoms with Crippen LogP contribution >= 0.6 is 31.9 Å². The smallest absolute Gasteiger partial charge is 0.264 e. The topological polar surface area (TPSA) is 34.0 Å². The summed E-state index contributed by atoms with van der Waals surface area (Å²) in [6, 6.07) is 1.76. The molecule has 1 N–H and O–H groups in total. The first kappa shape index (κ1) is 11.9. The average Bonchev–Trinajstić information content (AvgIpc) is 2.13. The van der Waals surface area contributed by atoms with Crippen LogP contribution in [-0.2, 0) is 6.54 Å². The minimum atomic E-state index is 0.00565. The van der Waals surface area contributed by atoms with Gasteiger partial charge in [0.05, 0.1) is 4.47 Å². The van der Waals surface area contributed by atoms with Gasteiger partial charge in [-0.1, -0.05) is 6.92 Å². The lowest BCUT2D eigenvalue weighted by atomic mass is 10.4. The predicted molar refractivity (Wildman–Crippen MR) is 64.6 cm³/mol. The molecule has 1 aromatic heterocycles. The quantitative estimate of drug-likeness (QED) is 0.860. The van der Waals surface area contributed by atoms with Crippen LogP contribution in [0, 0.1) is 0 Å². The largest absolute Gasteiger partial charge is 0.315 e. The summed E-state index contributed by atoms with van der Waals surface area (Å²) >= 11 is 6.57. The van der Waals surface area contributed by atoms with Gasteiger partial charge in [-0.2, -0.15) is 0 Å². The van der Waals surface area contributed by atoms with Gasteiger partial charge in [-0.15, -0.1) is 0 Å². The van der Waals surface area contributed by atoms with E-state index >= 15 is 0 Å². The van der Waals surface area contributed by atoms with E-state index in [1.54, 1.807) is 16.8 Å². The molecule has 5 heteroatoms. The Bertz CT molecular complexity index is 362. The van der Waals surface area contributed by atoms with Crippen molar-refractivity contribution < 1.29 is 0 Å². The van der Waals surface area contributed by atoms with Gasteiger partial charge < -0.3 is 9.88 Å². The van der Waals surface area contributed by atoms with Crippen molar-refractivity contribution in [3.8, 4) is 0 Å². The van der Waals surface area contributed by atoms with E-state index < -0.39 is 0 Å². The van der Waals surface area contributed by atoms with Crippen LogP contribution in [-0.4, -0.2) is 17.7 Å². The highest BCUT2D eigenvalue weighted by Gasteiger charge is 2.01. The van der Waals surface area contributed by atoms with Gasteiger partial charge in [0.1, 0.15) is 0 Å². The molecule has 1 heterocycles. The van der Waals surface area contributed by atoms with Crippen molar-refractivity contribution in [1.82, 2.24) is 9.88 Å². The Balaban J connectivity index is 2.81. The fourth-order valence-electron chi connectivity index (χ4n) is 1.11. The molecule has 0 spiro atoms. The molecule has 78 valence electrons. The summed E-state index contributed by atoms with van der Waals surface area (Å²) in [6.45, 7) is 4.45. The lowest BCUT2D eigenvalue weighted by Crippen LogP contribution is -2.26. The van der Waals surface area contributed by atoms with E-state index in [2.05, 4.69) is 37.2 Å². The van der Waals surface area contributed by atoms with Gasteiger partial charge in [-0.3, -0.25) is 4.79 Å². The molecular weight excluding hydrogens is 312 g/mol. The maximum atomic E-state index is 11.6. The summed E-state index contributed by atoms with van der Waals surface area (Å²) < 4.78 is 3.17. The van der Waals surface area contributed by atoms with Crippen LogP contribution in [0.2, 0.25) is 0 Å². The van der Waals surface area contributed by atoms with Gasteiger partial charge in [-0.25, -0.2) is 0 Å². The summed E-state index contributed by atoms with van der Waals surface area (Å²) in [5.41, 5.74) is 0.00565. The molecule has 14 heavy (non-hydrogen) atoms. The van der Waals surface area contributed by atoms with Crippen molar-refractivity contribution >= 4 is 31.9 Å². The van der Waals surface area contributed by atoms with E-state index in [-0.39, 0.29) is 5.56 Å². The summed E-state index contributed by atoms with van der Waals surface area (Å²) in [6.07, 6.45) is 1.80. The van der Waals surface area contributed by atoms with Crippen LogP contribution in [0.3, 0.4) is 0 Å². The number of aromatic nitrogens is 1. The first-order valence-corrected chi connectivity index (χ1v) is 6.00. The summed E-state index contributed by atoms with van der Waals surface area (Å²) in [4.78, 5) is 11.6. The first-order valence-electron chi connectivity index (χ1n) is 4.41. The van der Waals surface area contributed by atoms with Crippen molar-refractivity contribution in [2.24, 2.45) is 0 Å². The van der Waals surface area contributed by atoms with Crippen LogP contribution in [0.15, 0.2) is 26.0 Å². The Morgan fingerprint density at radius 1 is 1.50 bits per heavy atom. The zero-order valence-electron chi connectivity index (χ0n) is 7.89. The highest BCUT2D eigenvalue weighted by atomic mass is 79.9. The normalized spacial score (nSPS) is 10.5. The Hall–Kier alpha value is -0.130. The van der Waals surface area contributed by atoms with E-state index in [1.165, 1.54) is 0 Å². The molecule has 0 aromatic carbocycles. The van der Waals surface area contributed by atoms with Crippen molar-refractivity contribution in [2.45, 2.75) is 13.5 Å². The minimum absolute atomic E-state index is 0.00565. The Morgan fingerprint density at radius 2 is 2.21 bits per heavy atom. The lowest BCUT2D eigenvalue weighted by Gasteiger charge is -2.07. The Morgan fingerprint density at radius 3 is 2.86 bits per heavy atom. The molecule has 1 aromatic rings. The third-order valence-electron chi connectivity index (χ3n) is 1.79. The SMILES string of the molecule is CCNCCn1cc(Br)cc(Br)c1=O. The molecule has 0 atom stereocenters. The van der Waals surface area contributed by atoms with Crippen molar-refractivity contribution in [3.63, 3.8) is 0 Å². The second-order valence-electron chi connectivity index (χ2n) is 2.86. The zero-order chi connectivity index (χ0) is 10.6. The Labute approximate surface area is 99.8 Å². The third-order valence-corrected chi connectivity index (χ3v) is 2.79. The first-order chi connectivity index (χ1) is 6.65. The second kappa shape index (κ2) is 5.68. The summed E-state index contributed by atoms with van der Waals surface area (Å²) in [5.74, 6) is 0. The van der Waals surface area contributed by atoms with Gasteiger partial charge >= 0.3 is 0 Å². The summed E-state index contributed by atoms with van der Waals surface area (Å²) in [7, 11) is 0. The molecule has 0 aliphatic heterocycles. The van der Waals surface area contributed by atoms with Crippen molar-refractivity contribution in [2.75, 3.05) is 13.1 Å². The predicted octanol–water partition coefficient (Wildman–Crippen LogP) is 1.98. The number of hydrogen-bond acceptors (Lipinski definition) is 2. The fraction of sp³-hybridized carbons (Fsp3) is 0.444. The van der Waals surface area contributed by atoms with Crippen LogP contribution in [0.1, 0.15) is 6.92 Å². The van der Waals surface area contributed by atoms with Crippen LogP contribution in [0.25, 0.3) is 0 Å². The van der Waals surface area contributed by atoms with Crippen LogP contribution in [0.5, 0.6) is 0 Å². The number of hydrogen-bond donors (Lipinski definition) is 1. The molecule has 3 nitrogen and oxygen atoms in total. The number of nitrogens with one attached hydrogen (secondary N) is 1. The fourth-order valence-corrected chi connectivity index (χ4v) is 2.36. The van der Waals surface area contributed by atoms with Crippen molar-refractivity contribution in [1.29, 1.82) is 0 Å². The second-order valence-corrected chi connectivity index (χ2v) is 4.63. The van der Waals surface area contributed by atoms with Gasteiger partial charge in [0.15, 0.2) is 0 Å². The van der Waals surface area contributed by atoms with E-state index in [0.717, 1.165) is 17.6 Å². The lowest BCUT2D eigenvalue weighted by molar-refractivity contribution is 0.596. The molecule has 0 aliphatic rings. The van der Waals surface area contributed by atoms with E-state index in [9.17, 15) is 4.79 Å². The molecule has 0 aliphatic carbocycles. The Kier molecular flexibility index (Phi) is 4.84. The molecule has 0 bridgehead atoms. The highest BCUT2D eigenvalue weighted by molar-refractivity contribution is 9.11.